The number of H-pyrrole nitrogens is 1. The molecule has 0 aliphatic heterocycles. The number of fused-ring (bicyclic) bond motifs is 1. The zero-order chi connectivity index (χ0) is 15.1. The molecule has 0 fully saturated rings. The minimum Gasteiger partial charge on any atom is -0.330 e. The number of nitrogens with one attached hydrogen (secondary N) is 2. The highest BCUT2D eigenvalue weighted by molar-refractivity contribution is 6.00. The fraction of sp³-hybridized carbons (Fsp3) is 0.500. The van der Waals surface area contributed by atoms with E-state index in [1.807, 2.05) is 18.2 Å². The van der Waals surface area contributed by atoms with Crippen LogP contribution in [0.1, 0.15) is 39.0 Å². The monoisotopic (exact) mass is 288 g/mol. The first kappa shape index (κ1) is 15.5. The van der Waals surface area contributed by atoms with Crippen molar-refractivity contribution >= 4 is 22.5 Å². The zero-order valence-corrected chi connectivity index (χ0v) is 12.6. The van der Waals surface area contributed by atoms with E-state index in [0.29, 0.717) is 18.9 Å². The third-order valence-electron chi connectivity index (χ3n) is 3.81. The van der Waals surface area contributed by atoms with Crippen LogP contribution in [0.25, 0.3) is 10.9 Å². The molecule has 1 aromatic heterocycles. The maximum absolute atomic E-state index is 12.1. The second-order valence-corrected chi connectivity index (χ2v) is 5.46. The molecule has 0 bridgehead atoms. The van der Waals surface area contributed by atoms with Crippen LogP contribution in [0.15, 0.2) is 24.4 Å². The number of carbonyl (C=O) groups excluding carboxylic acids is 1. The summed E-state index contributed by atoms with van der Waals surface area (Å²) in [7, 11) is 0. The van der Waals surface area contributed by atoms with E-state index in [1.165, 1.54) is 0 Å². The van der Waals surface area contributed by atoms with Crippen molar-refractivity contribution in [2.75, 3.05) is 11.9 Å². The molecule has 5 nitrogen and oxygen atoms in total. The Labute approximate surface area is 125 Å². The van der Waals surface area contributed by atoms with Gasteiger partial charge in [-0.25, -0.2) is 0 Å². The predicted octanol–water partition coefficient (Wildman–Crippen LogP) is 3.05. The van der Waals surface area contributed by atoms with Crippen molar-refractivity contribution in [3.05, 3.63) is 24.4 Å². The summed E-state index contributed by atoms with van der Waals surface area (Å²) in [5.41, 5.74) is 7.38. The number of aromatic amines is 1. The molecule has 0 saturated heterocycles. The number of benzene rings is 1. The molecule has 0 spiro atoms. The number of hydrogen-bond donors (Lipinski definition) is 3. The highest BCUT2D eigenvalue weighted by Gasteiger charge is 2.11. The van der Waals surface area contributed by atoms with E-state index < -0.39 is 0 Å². The Morgan fingerprint density at radius 3 is 3.00 bits per heavy atom. The van der Waals surface area contributed by atoms with Crippen molar-refractivity contribution in [3.8, 4) is 0 Å². The SMILES string of the molecule is CCCC(CCN)CCC(=O)Nc1cccc2[nH]ncc12. The maximum atomic E-state index is 12.1. The van der Waals surface area contributed by atoms with Crippen LogP contribution in [0.4, 0.5) is 5.69 Å². The molecule has 1 atom stereocenters. The molecule has 2 rings (SSSR count). The van der Waals surface area contributed by atoms with Crippen molar-refractivity contribution in [1.29, 1.82) is 0 Å². The Hall–Kier alpha value is -1.88. The number of nitrogens with zero attached hydrogens (tertiary/aromatic N) is 1. The lowest BCUT2D eigenvalue weighted by Crippen LogP contribution is -2.15. The molecule has 1 unspecified atom stereocenters. The number of aromatic nitrogens is 2. The topological polar surface area (TPSA) is 83.8 Å². The Bertz CT molecular complexity index is 572. The van der Waals surface area contributed by atoms with Crippen molar-refractivity contribution in [2.45, 2.75) is 39.0 Å². The Kier molecular flexibility index (Phi) is 5.75. The van der Waals surface area contributed by atoms with Crippen molar-refractivity contribution in [3.63, 3.8) is 0 Å². The fourth-order valence-electron chi connectivity index (χ4n) is 2.70. The molecule has 1 heterocycles. The highest BCUT2D eigenvalue weighted by Crippen LogP contribution is 2.22. The normalized spacial score (nSPS) is 12.5. The molecule has 2 aromatic rings. The molecule has 21 heavy (non-hydrogen) atoms. The van der Waals surface area contributed by atoms with Gasteiger partial charge in [0.15, 0.2) is 0 Å². The lowest BCUT2D eigenvalue weighted by Gasteiger charge is -2.14. The van der Waals surface area contributed by atoms with E-state index in [4.69, 9.17) is 5.73 Å². The lowest BCUT2D eigenvalue weighted by atomic mass is 9.94. The van der Waals surface area contributed by atoms with Crippen LogP contribution in [0.2, 0.25) is 0 Å². The summed E-state index contributed by atoms with van der Waals surface area (Å²) >= 11 is 0. The van der Waals surface area contributed by atoms with Gasteiger partial charge in [0.25, 0.3) is 0 Å². The van der Waals surface area contributed by atoms with Crippen molar-refractivity contribution in [1.82, 2.24) is 10.2 Å². The summed E-state index contributed by atoms with van der Waals surface area (Å²) < 4.78 is 0. The van der Waals surface area contributed by atoms with Gasteiger partial charge in [0, 0.05) is 11.8 Å². The van der Waals surface area contributed by atoms with Crippen LogP contribution in [-0.2, 0) is 4.79 Å². The third kappa shape index (κ3) is 4.29. The van der Waals surface area contributed by atoms with Crippen molar-refractivity contribution < 1.29 is 4.79 Å². The quantitative estimate of drug-likeness (QED) is 0.698. The van der Waals surface area contributed by atoms with Gasteiger partial charge in [-0.2, -0.15) is 5.10 Å². The fourth-order valence-corrected chi connectivity index (χ4v) is 2.70. The van der Waals surface area contributed by atoms with E-state index in [0.717, 1.165) is 42.3 Å². The summed E-state index contributed by atoms with van der Waals surface area (Å²) in [6.07, 6.45) is 6.46. The standard InChI is InChI=1S/C16H24N4O/c1-2-4-12(9-10-17)7-8-16(21)19-14-5-3-6-15-13(14)11-18-20-15/h3,5-6,11-12H,2,4,7-10,17H2,1H3,(H,18,20)(H,19,21). The molecular weight excluding hydrogens is 264 g/mol. The van der Waals surface area contributed by atoms with Gasteiger partial charge in [0.1, 0.15) is 0 Å². The minimum atomic E-state index is 0.0572. The summed E-state index contributed by atoms with van der Waals surface area (Å²) in [4.78, 5) is 12.1. The summed E-state index contributed by atoms with van der Waals surface area (Å²) in [5, 5.41) is 10.8. The second kappa shape index (κ2) is 7.78. The van der Waals surface area contributed by atoms with Crippen LogP contribution in [0.5, 0.6) is 0 Å². The molecule has 1 aromatic carbocycles. The van der Waals surface area contributed by atoms with Gasteiger partial charge in [-0.3, -0.25) is 9.89 Å². The molecular formula is C16H24N4O. The first-order valence-corrected chi connectivity index (χ1v) is 7.66. The number of hydrogen-bond acceptors (Lipinski definition) is 3. The first-order chi connectivity index (χ1) is 10.2. The third-order valence-corrected chi connectivity index (χ3v) is 3.81. The van der Waals surface area contributed by atoms with Crippen LogP contribution >= 0.6 is 0 Å². The number of nitrogens with two attached hydrogens (primary N) is 1. The Morgan fingerprint density at radius 2 is 2.24 bits per heavy atom. The molecule has 5 heteroatoms. The Morgan fingerprint density at radius 1 is 1.38 bits per heavy atom. The van der Waals surface area contributed by atoms with Gasteiger partial charge in [0.2, 0.25) is 5.91 Å². The van der Waals surface area contributed by atoms with Crippen LogP contribution in [0, 0.1) is 5.92 Å². The van der Waals surface area contributed by atoms with Crippen molar-refractivity contribution in [2.24, 2.45) is 11.7 Å². The van der Waals surface area contributed by atoms with Gasteiger partial charge in [-0.1, -0.05) is 25.8 Å². The number of anilines is 1. The smallest absolute Gasteiger partial charge is 0.224 e. The van der Waals surface area contributed by atoms with E-state index in [9.17, 15) is 4.79 Å². The molecule has 0 radical (unpaired) electrons. The number of amides is 1. The largest absolute Gasteiger partial charge is 0.330 e. The maximum Gasteiger partial charge on any atom is 0.224 e. The van der Waals surface area contributed by atoms with E-state index in [2.05, 4.69) is 22.4 Å². The van der Waals surface area contributed by atoms with Crippen LogP contribution in [0.3, 0.4) is 0 Å². The summed E-state index contributed by atoms with van der Waals surface area (Å²) in [5.74, 6) is 0.609. The number of rotatable bonds is 8. The number of carbonyl (C=O) groups is 1. The highest BCUT2D eigenvalue weighted by atomic mass is 16.1. The predicted molar refractivity (Wildman–Crippen MR) is 86.0 cm³/mol. The van der Waals surface area contributed by atoms with Gasteiger partial charge in [-0.05, 0) is 37.4 Å². The van der Waals surface area contributed by atoms with Gasteiger partial charge in [0.05, 0.1) is 17.4 Å². The summed E-state index contributed by atoms with van der Waals surface area (Å²) in [6, 6.07) is 5.75. The van der Waals surface area contributed by atoms with Gasteiger partial charge in [-0.15, -0.1) is 0 Å². The average Bonchev–Trinajstić information content (AvgIpc) is 2.95. The van der Waals surface area contributed by atoms with Gasteiger partial charge < -0.3 is 11.1 Å². The summed E-state index contributed by atoms with van der Waals surface area (Å²) in [6.45, 7) is 2.86. The van der Waals surface area contributed by atoms with E-state index in [1.54, 1.807) is 6.20 Å². The molecule has 0 aliphatic rings. The molecule has 0 saturated carbocycles. The average molecular weight is 288 g/mol. The molecule has 114 valence electrons. The molecule has 0 aliphatic carbocycles. The van der Waals surface area contributed by atoms with Gasteiger partial charge >= 0.3 is 0 Å². The zero-order valence-electron chi connectivity index (χ0n) is 12.6. The Balaban J connectivity index is 1.91. The van der Waals surface area contributed by atoms with E-state index in [-0.39, 0.29) is 5.91 Å². The molecule has 1 amide bonds. The molecule has 4 N–H and O–H groups in total. The minimum absolute atomic E-state index is 0.0572. The first-order valence-electron chi connectivity index (χ1n) is 7.66. The van der Waals surface area contributed by atoms with Crippen LogP contribution in [-0.4, -0.2) is 22.6 Å². The van der Waals surface area contributed by atoms with E-state index >= 15 is 0 Å². The van der Waals surface area contributed by atoms with Crippen LogP contribution < -0.4 is 11.1 Å². The second-order valence-electron chi connectivity index (χ2n) is 5.46. The lowest BCUT2D eigenvalue weighted by molar-refractivity contribution is -0.116.